The second kappa shape index (κ2) is 12.5. The highest BCUT2D eigenvalue weighted by Crippen LogP contribution is 2.42. The number of ether oxygens (including phenoxy) is 1. The van der Waals surface area contributed by atoms with Crippen molar-refractivity contribution in [3.8, 4) is 0 Å². The third-order valence-corrected chi connectivity index (χ3v) is 10.8. The minimum atomic E-state index is -0.461. The number of aromatic nitrogens is 2. The van der Waals surface area contributed by atoms with Gasteiger partial charge in [-0.2, -0.15) is 0 Å². The zero-order chi connectivity index (χ0) is 34.7. The molecule has 0 unspecified atom stereocenters. The summed E-state index contributed by atoms with van der Waals surface area (Å²) in [5.74, 6) is 1.45. The number of anilines is 3. The number of aliphatic hydroxyl groups excluding tert-OH is 1. The number of nitrogens with zero attached hydrogens (tertiary/aromatic N) is 6. The second-order valence-electron chi connectivity index (χ2n) is 14.6. The molecule has 4 aliphatic heterocycles. The van der Waals surface area contributed by atoms with Crippen molar-refractivity contribution >= 4 is 34.6 Å². The molecule has 2 N–H and O–H groups in total. The fourth-order valence-corrected chi connectivity index (χ4v) is 8.07. The number of carbonyl (C=O) groups is 1. The molecule has 1 amide bonds. The Bertz CT molecular complexity index is 1960. The average Bonchev–Trinajstić information content (AvgIpc) is 3.54. The number of aliphatic hydroxyl groups is 1. The smallest absolute Gasteiger partial charge is 0.279 e. The van der Waals surface area contributed by atoms with Gasteiger partial charge in [0.2, 0.25) is 0 Å². The quantitative estimate of drug-likeness (QED) is 0.361. The van der Waals surface area contributed by atoms with E-state index in [-0.39, 0.29) is 11.1 Å². The number of halogens is 1. The molecule has 0 atom stereocenters. The van der Waals surface area contributed by atoms with Gasteiger partial charge in [-0.15, -0.1) is 0 Å². The van der Waals surface area contributed by atoms with E-state index in [9.17, 15) is 14.7 Å². The topological polar surface area (TPSA) is 106 Å². The lowest BCUT2D eigenvalue weighted by atomic mass is 9.90. The summed E-state index contributed by atoms with van der Waals surface area (Å²) >= 11 is 0. The number of hydrogen-bond acceptors (Lipinski definition) is 9. The molecule has 8 rings (SSSR count). The van der Waals surface area contributed by atoms with E-state index in [1.165, 1.54) is 4.90 Å². The average molecular weight is 680 g/mol. The molecular weight excluding hydrogens is 637 g/mol. The molecule has 0 spiro atoms. The van der Waals surface area contributed by atoms with Gasteiger partial charge in [0.25, 0.3) is 5.91 Å². The SMILES string of the molecule is CN1C=C(c2ccnc(N3CCn4c5c(c(F)c4C3=O)CC(C)(C)C5)c2CO)C=C(Nc2ccc(N3CCN(C4COC4)CC3)cc2)C1=C=O. The molecule has 2 saturated heterocycles. The first-order valence-electron chi connectivity index (χ1n) is 17.3. The molecule has 12 heteroatoms. The number of likely N-dealkylation sites (N-methyl/N-ethyl adjacent to an activating group) is 1. The summed E-state index contributed by atoms with van der Waals surface area (Å²) < 4.78 is 23.0. The van der Waals surface area contributed by atoms with Crippen LogP contribution in [0.25, 0.3) is 5.57 Å². The molecule has 0 bridgehead atoms. The Morgan fingerprint density at radius 3 is 2.50 bits per heavy atom. The van der Waals surface area contributed by atoms with Crippen LogP contribution in [0.4, 0.5) is 21.6 Å². The third kappa shape index (κ3) is 5.52. The van der Waals surface area contributed by atoms with Gasteiger partial charge in [-0.3, -0.25) is 14.6 Å². The van der Waals surface area contributed by atoms with Crippen molar-refractivity contribution in [2.24, 2.45) is 5.41 Å². The van der Waals surface area contributed by atoms with E-state index in [1.807, 2.05) is 22.8 Å². The molecule has 50 heavy (non-hydrogen) atoms. The Morgan fingerprint density at radius 1 is 1.06 bits per heavy atom. The van der Waals surface area contributed by atoms with Crippen LogP contribution < -0.4 is 15.1 Å². The minimum absolute atomic E-state index is 0.0422. The van der Waals surface area contributed by atoms with Crippen LogP contribution in [-0.4, -0.2) is 95.3 Å². The Morgan fingerprint density at radius 2 is 1.82 bits per heavy atom. The number of amides is 1. The van der Waals surface area contributed by atoms with Crippen molar-refractivity contribution in [1.82, 2.24) is 19.4 Å². The molecule has 2 fully saturated rings. The van der Waals surface area contributed by atoms with Crippen LogP contribution in [0.3, 0.4) is 0 Å². The summed E-state index contributed by atoms with van der Waals surface area (Å²) in [6, 6.07) is 10.5. The lowest BCUT2D eigenvalue weighted by molar-refractivity contribution is -0.0660. The Kier molecular flexibility index (Phi) is 8.14. The number of carbonyl (C=O) groups excluding carboxylic acids is 2. The number of hydrogen-bond donors (Lipinski definition) is 2. The van der Waals surface area contributed by atoms with Crippen molar-refractivity contribution in [2.75, 3.05) is 68.1 Å². The van der Waals surface area contributed by atoms with Gasteiger partial charge in [0.15, 0.2) is 11.8 Å². The van der Waals surface area contributed by atoms with Gasteiger partial charge in [0.1, 0.15) is 17.2 Å². The largest absolute Gasteiger partial charge is 0.392 e. The molecule has 1 aliphatic carbocycles. The first-order valence-corrected chi connectivity index (χ1v) is 17.3. The van der Waals surface area contributed by atoms with E-state index in [4.69, 9.17) is 4.74 Å². The maximum atomic E-state index is 15.7. The second-order valence-corrected chi connectivity index (χ2v) is 14.6. The van der Waals surface area contributed by atoms with E-state index in [0.29, 0.717) is 65.0 Å². The van der Waals surface area contributed by atoms with Gasteiger partial charge in [-0.25, -0.2) is 14.2 Å². The molecule has 0 saturated carbocycles. The van der Waals surface area contributed by atoms with Crippen LogP contribution >= 0.6 is 0 Å². The monoisotopic (exact) mass is 679 g/mol. The van der Waals surface area contributed by atoms with Crippen molar-refractivity contribution in [2.45, 2.75) is 45.9 Å². The molecule has 5 aliphatic rings. The standard InChI is InChI=1S/C38H42FN7O4/c1-38(2)17-29-32(18-38)45-14-15-46(37(49)35(45)34(29)39)36-30(20-47)28(8-9-40-36)24-16-31(33(21-48)42(3)19-24)41-25-4-6-26(7-5-25)43-10-12-44(13-11-43)27-22-50-23-27/h4-9,16,19,27,41,47H,10-15,17-18,20,22-23H2,1-3H3. The molecule has 11 nitrogen and oxygen atoms in total. The molecule has 3 aromatic rings. The molecular formula is C38H42FN7O4. The number of fused-ring (bicyclic) bond motifs is 3. The molecule has 2 aromatic heterocycles. The summed E-state index contributed by atoms with van der Waals surface area (Å²) in [7, 11) is 1.76. The third-order valence-electron chi connectivity index (χ3n) is 10.8. The van der Waals surface area contributed by atoms with Crippen LogP contribution in [0.1, 0.15) is 46.7 Å². The summed E-state index contributed by atoms with van der Waals surface area (Å²) in [6.45, 7) is 10.2. The van der Waals surface area contributed by atoms with E-state index < -0.39 is 18.3 Å². The van der Waals surface area contributed by atoms with Crippen LogP contribution in [-0.2, 0) is 35.5 Å². The highest BCUT2D eigenvalue weighted by atomic mass is 19.1. The van der Waals surface area contributed by atoms with Crippen LogP contribution in [0, 0.1) is 11.2 Å². The van der Waals surface area contributed by atoms with Crippen molar-refractivity contribution < 1.29 is 23.8 Å². The first-order chi connectivity index (χ1) is 24.2. The van der Waals surface area contributed by atoms with Gasteiger partial charge in [0.05, 0.1) is 31.6 Å². The Hall–Kier alpha value is -4.74. The zero-order valence-electron chi connectivity index (χ0n) is 28.7. The number of nitrogens with one attached hydrogen (secondary N) is 1. The van der Waals surface area contributed by atoms with Crippen molar-refractivity contribution in [3.05, 3.63) is 94.1 Å². The van der Waals surface area contributed by atoms with E-state index in [2.05, 4.69) is 52.0 Å². The predicted molar refractivity (Wildman–Crippen MR) is 189 cm³/mol. The number of allylic oxidation sites excluding steroid dienone is 2. The van der Waals surface area contributed by atoms with Gasteiger partial charge < -0.3 is 29.5 Å². The number of pyridine rings is 1. The summed E-state index contributed by atoms with van der Waals surface area (Å²) in [4.78, 5) is 38.6. The fourth-order valence-electron chi connectivity index (χ4n) is 8.07. The molecule has 260 valence electrons. The highest BCUT2D eigenvalue weighted by Gasteiger charge is 2.41. The molecule has 0 radical (unpaired) electrons. The van der Waals surface area contributed by atoms with Crippen molar-refractivity contribution in [1.29, 1.82) is 0 Å². The van der Waals surface area contributed by atoms with Crippen LogP contribution in [0.2, 0.25) is 0 Å². The maximum Gasteiger partial charge on any atom is 0.279 e. The maximum absolute atomic E-state index is 15.7. The minimum Gasteiger partial charge on any atom is -0.392 e. The Balaban J connectivity index is 1.04. The first kappa shape index (κ1) is 32.5. The lowest BCUT2D eigenvalue weighted by Gasteiger charge is -2.43. The normalized spacial score (nSPS) is 20.6. The Labute approximate surface area is 290 Å². The molecule has 1 aromatic carbocycles. The van der Waals surface area contributed by atoms with Gasteiger partial charge in [-0.05, 0) is 60.2 Å². The summed E-state index contributed by atoms with van der Waals surface area (Å²) in [5.41, 5.74) is 6.18. The van der Waals surface area contributed by atoms with E-state index >= 15 is 4.39 Å². The summed E-state index contributed by atoms with van der Waals surface area (Å²) in [5, 5.41) is 14.1. The van der Waals surface area contributed by atoms with Gasteiger partial charge >= 0.3 is 0 Å². The number of rotatable bonds is 7. The highest BCUT2D eigenvalue weighted by molar-refractivity contribution is 6.06. The van der Waals surface area contributed by atoms with Gasteiger partial charge in [-0.1, -0.05) is 13.8 Å². The lowest BCUT2D eigenvalue weighted by Crippen LogP contribution is -2.56. The number of benzene rings is 1. The van der Waals surface area contributed by atoms with E-state index in [0.717, 1.165) is 62.9 Å². The summed E-state index contributed by atoms with van der Waals surface area (Å²) in [6.07, 6.45) is 6.54. The zero-order valence-corrected chi connectivity index (χ0v) is 28.7. The fraction of sp³-hybridized carbons (Fsp3) is 0.421. The van der Waals surface area contributed by atoms with Crippen LogP contribution in [0.5, 0.6) is 0 Å². The number of piperazine rings is 1. The predicted octanol–water partition coefficient (Wildman–Crippen LogP) is 3.82. The van der Waals surface area contributed by atoms with E-state index in [1.54, 1.807) is 30.4 Å². The van der Waals surface area contributed by atoms with Gasteiger partial charge in [0, 0.05) is 92.5 Å². The molecule has 6 heterocycles. The van der Waals surface area contributed by atoms with Crippen LogP contribution in [0.15, 0.2) is 60.2 Å². The van der Waals surface area contributed by atoms with Crippen molar-refractivity contribution in [3.63, 3.8) is 0 Å².